The molecular weight excluding hydrogens is 460 g/mol. The highest BCUT2D eigenvalue weighted by atomic mass is 35.5. The maximum Gasteiger partial charge on any atom is 0.407 e. The molecule has 0 bridgehead atoms. The lowest BCUT2D eigenvalue weighted by Gasteiger charge is -2.36. The number of rotatable bonds is 6. The van der Waals surface area contributed by atoms with Crippen LogP contribution in [-0.4, -0.2) is 60.9 Å². The summed E-state index contributed by atoms with van der Waals surface area (Å²) in [4.78, 5) is 39.6. The first-order valence-electron chi connectivity index (χ1n) is 11.5. The number of carbonyl (C=O) groups excluding carboxylic acids is 3. The number of hydrogen-bond donors (Lipinski definition) is 3. The summed E-state index contributed by atoms with van der Waals surface area (Å²) in [6.45, 7) is 9.15. The molecule has 1 saturated heterocycles. The van der Waals surface area contributed by atoms with E-state index in [1.165, 1.54) is 0 Å². The van der Waals surface area contributed by atoms with Crippen LogP contribution in [0.15, 0.2) is 35.5 Å². The first-order valence-corrected chi connectivity index (χ1v) is 11.9. The molecule has 2 aliphatic rings. The second-order valence-corrected chi connectivity index (χ2v) is 9.77. The second kappa shape index (κ2) is 11.1. The van der Waals surface area contributed by atoms with Crippen molar-refractivity contribution in [2.45, 2.75) is 58.2 Å². The van der Waals surface area contributed by atoms with Gasteiger partial charge in [0.15, 0.2) is 0 Å². The Bertz CT molecular complexity index is 951. The predicted molar refractivity (Wildman–Crippen MR) is 128 cm³/mol. The fourth-order valence-electron chi connectivity index (χ4n) is 4.07. The van der Waals surface area contributed by atoms with Gasteiger partial charge >= 0.3 is 18.1 Å². The minimum absolute atomic E-state index is 0.00286. The molecule has 0 aliphatic carbocycles. The Morgan fingerprint density at radius 1 is 1.21 bits per heavy atom. The number of hydrogen-bond acceptors (Lipinski definition) is 6. The highest BCUT2D eigenvalue weighted by molar-refractivity contribution is 6.31. The molecule has 3 N–H and O–H groups in total. The third kappa shape index (κ3) is 6.87. The smallest absolute Gasteiger partial charge is 0.407 e. The number of urea groups is 1. The van der Waals surface area contributed by atoms with Gasteiger partial charge in [-0.3, -0.25) is 4.90 Å². The second-order valence-electron chi connectivity index (χ2n) is 9.36. The van der Waals surface area contributed by atoms with Crippen LogP contribution >= 0.6 is 11.6 Å². The number of benzene rings is 1. The molecule has 0 aromatic heterocycles. The number of halogens is 1. The summed E-state index contributed by atoms with van der Waals surface area (Å²) in [6, 6.07) is 5.97. The van der Waals surface area contributed by atoms with Gasteiger partial charge in [0, 0.05) is 36.4 Å². The largest absolute Gasteiger partial charge is 0.463 e. The van der Waals surface area contributed by atoms with Crippen molar-refractivity contribution in [1.82, 2.24) is 20.9 Å². The van der Waals surface area contributed by atoms with Crippen molar-refractivity contribution in [2.24, 2.45) is 0 Å². The number of amides is 3. The molecule has 186 valence electrons. The predicted octanol–water partition coefficient (Wildman–Crippen LogP) is 3.50. The van der Waals surface area contributed by atoms with Gasteiger partial charge < -0.3 is 25.4 Å². The van der Waals surface area contributed by atoms with Crippen LogP contribution in [-0.2, 0) is 14.3 Å². The van der Waals surface area contributed by atoms with Crippen LogP contribution in [0.5, 0.6) is 0 Å². The van der Waals surface area contributed by atoms with E-state index in [0.717, 1.165) is 12.8 Å². The fraction of sp³-hybridized carbons (Fsp3) is 0.542. The van der Waals surface area contributed by atoms with Crippen LogP contribution in [0.2, 0.25) is 5.02 Å². The lowest BCUT2D eigenvalue weighted by Crippen LogP contribution is -2.50. The summed E-state index contributed by atoms with van der Waals surface area (Å²) in [5.41, 5.74) is 0.903. The van der Waals surface area contributed by atoms with Gasteiger partial charge in [-0.25, -0.2) is 14.4 Å². The van der Waals surface area contributed by atoms with Crippen molar-refractivity contribution >= 4 is 29.7 Å². The summed E-state index contributed by atoms with van der Waals surface area (Å²) in [7, 11) is 0. The Labute approximate surface area is 205 Å². The van der Waals surface area contributed by atoms with E-state index in [9.17, 15) is 14.4 Å². The van der Waals surface area contributed by atoms with Crippen molar-refractivity contribution in [1.29, 1.82) is 0 Å². The molecule has 0 radical (unpaired) electrons. The number of likely N-dealkylation sites (tertiary alicyclic amines) is 1. The number of esters is 1. The van der Waals surface area contributed by atoms with Gasteiger partial charge in [-0.05, 0) is 52.2 Å². The van der Waals surface area contributed by atoms with Crippen LogP contribution in [0.25, 0.3) is 0 Å². The van der Waals surface area contributed by atoms with Crippen molar-refractivity contribution in [3.05, 3.63) is 46.1 Å². The van der Waals surface area contributed by atoms with Gasteiger partial charge in [-0.15, -0.1) is 0 Å². The van der Waals surface area contributed by atoms with Crippen molar-refractivity contribution in [3.8, 4) is 0 Å². The maximum absolute atomic E-state index is 12.9. The molecule has 1 aromatic carbocycles. The van der Waals surface area contributed by atoms with E-state index < -0.39 is 29.7 Å². The van der Waals surface area contributed by atoms with Gasteiger partial charge in [0.05, 0.1) is 18.2 Å². The number of nitrogens with zero attached hydrogens (tertiary/aromatic N) is 1. The van der Waals surface area contributed by atoms with Crippen LogP contribution in [0.1, 0.15) is 52.1 Å². The molecule has 0 spiro atoms. The van der Waals surface area contributed by atoms with Crippen LogP contribution < -0.4 is 16.0 Å². The normalized spacial score (nSPS) is 19.8. The minimum atomic E-state index is -0.720. The van der Waals surface area contributed by atoms with Gasteiger partial charge in [0.1, 0.15) is 5.60 Å². The quantitative estimate of drug-likeness (QED) is 0.524. The van der Waals surface area contributed by atoms with E-state index in [2.05, 4.69) is 20.9 Å². The standard InChI is InChI=1S/C24H33ClN4O5/c1-5-33-21(30)19-18(27-22(31)28-20(19)16-8-6-7-9-17(16)25)14-29-12-10-15(11-13-29)26-23(32)34-24(2,3)4/h6-9,15,20H,5,10-14H2,1-4H3,(H,26,32)(H2,27,28,31)/t20-/m0/s1. The zero-order valence-electron chi connectivity index (χ0n) is 20.1. The maximum atomic E-state index is 12.9. The van der Waals surface area contributed by atoms with Crippen molar-refractivity contribution in [3.63, 3.8) is 0 Å². The molecular formula is C24H33ClN4O5. The Hall–Kier alpha value is -2.78. The van der Waals surface area contributed by atoms with E-state index in [1.807, 2.05) is 20.8 Å². The number of nitrogens with one attached hydrogen (secondary N) is 3. The van der Waals surface area contributed by atoms with Crippen molar-refractivity contribution < 1.29 is 23.9 Å². The number of ether oxygens (including phenoxy) is 2. The van der Waals surface area contributed by atoms with E-state index >= 15 is 0 Å². The summed E-state index contributed by atoms with van der Waals surface area (Å²) >= 11 is 6.39. The molecule has 9 nitrogen and oxygen atoms in total. The molecule has 2 heterocycles. The highest BCUT2D eigenvalue weighted by Crippen LogP contribution is 2.32. The first kappa shape index (κ1) is 25.8. The molecule has 2 aliphatic heterocycles. The molecule has 34 heavy (non-hydrogen) atoms. The van der Waals surface area contributed by atoms with Gasteiger partial charge in [-0.1, -0.05) is 29.8 Å². The molecule has 1 aromatic rings. The van der Waals surface area contributed by atoms with Crippen LogP contribution in [0, 0.1) is 0 Å². The van der Waals surface area contributed by atoms with Crippen LogP contribution in [0.3, 0.4) is 0 Å². The van der Waals surface area contributed by atoms with Gasteiger partial charge in [0.2, 0.25) is 0 Å². The van der Waals surface area contributed by atoms with Crippen molar-refractivity contribution in [2.75, 3.05) is 26.2 Å². The number of piperidine rings is 1. The average molecular weight is 493 g/mol. The molecule has 1 fully saturated rings. The summed E-state index contributed by atoms with van der Waals surface area (Å²) in [5.74, 6) is -0.503. The lowest BCUT2D eigenvalue weighted by atomic mass is 9.94. The zero-order chi connectivity index (χ0) is 24.9. The molecule has 0 saturated carbocycles. The zero-order valence-corrected chi connectivity index (χ0v) is 20.8. The van der Waals surface area contributed by atoms with E-state index in [4.69, 9.17) is 21.1 Å². The van der Waals surface area contributed by atoms with Gasteiger partial charge in [-0.2, -0.15) is 0 Å². The monoisotopic (exact) mass is 492 g/mol. The summed E-state index contributed by atoms with van der Waals surface area (Å²) < 4.78 is 10.7. The van der Waals surface area contributed by atoms with Gasteiger partial charge in [0.25, 0.3) is 0 Å². The van der Waals surface area contributed by atoms with E-state index in [-0.39, 0.29) is 12.6 Å². The third-order valence-corrected chi connectivity index (χ3v) is 5.90. The van der Waals surface area contributed by atoms with E-state index in [0.29, 0.717) is 41.5 Å². The minimum Gasteiger partial charge on any atom is -0.463 e. The van der Waals surface area contributed by atoms with Crippen LogP contribution in [0.4, 0.5) is 9.59 Å². The SMILES string of the molecule is CCOC(=O)C1=C(CN2CCC(NC(=O)OC(C)(C)C)CC2)NC(=O)N[C@H]1c1ccccc1Cl. The molecule has 1 atom stereocenters. The molecule has 3 amide bonds. The molecule has 0 unspecified atom stereocenters. The molecule has 3 rings (SSSR count). The Morgan fingerprint density at radius 3 is 2.50 bits per heavy atom. The van der Waals surface area contributed by atoms with E-state index in [1.54, 1.807) is 31.2 Å². The first-order chi connectivity index (χ1) is 16.1. The Morgan fingerprint density at radius 2 is 1.88 bits per heavy atom. The lowest BCUT2D eigenvalue weighted by molar-refractivity contribution is -0.139. The Balaban J connectivity index is 1.75. The molecule has 10 heteroatoms. The summed E-state index contributed by atoms with van der Waals surface area (Å²) in [5, 5.41) is 8.97. The topological polar surface area (TPSA) is 109 Å². The number of carbonyl (C=O) groups is 3. The Kier molecular flexibility index (Phi) is 8.43. The average Bonchev–Trinajstić information content (AvgIpc) is 2.74. The number of alkyl carbamates (subject to hydrolysis) is 1. The third-order valence-electron chi connectivity index (χ3n) is 5.56. The highest BCUT2D eigenvalue weighted by Gasteiger charge is 2.35. The fourth-order valence-corrected chi connectivity index (χ4v) is 4.31. The summed E-state index contributed by atoms with van der Waals surface area (Å²) in [6.07, 6.45) is 1.02.